The molecule has 0 spiro atoms. The third-order valence-electron chi connectivity index (χ3n) is 5.34. The second-order valence-corrected chi connectivity index (χ2v) is 8.94. The Kier molecular flexibility index (Phi) is 6.69. The van der Waals surface area contributed by atoms with Crippen LogP contribution in [0.4, 0.5) is 21.3 Å². The van der Waals surface area contributed by atoms with Gasteiger partial charge < -0.3 is 20.3 Å². The average molecular weight is 455 g/mol. The molecule has 4 N–H and O–H groups in total. The molecule has 9 nitrogen and oxygen atoms in total. The van der Waals surface area contributed by atoms with Gasteiger partial charge in [0.1, 0.15) is 11.5 Å². The summed E-state index contributed by atoms with van der Waals surface area (Å²) >= 11 is 1.39. The maximum absolute atomic E-state index is 12.6. The van der Waals surface area contributed by atoms with Crippen molar-refractivity contribution in [3.8, 4) is 0 Å². The zero-order chi connectivity index (χ0) is 22.5. The summed E-state index contributed by atoms with van der Waals surface area (Å²) in [5.41, 5.74) is 3.08. The molecule has 2 aromatic heterocycles. The number of H-pyrrole nitrogens is 1. The summed E-state index contributed by atoms with van der Waals surface area (Å²) in [5, 5.41) is 15.2. The number of nitrogens with one attached hydrogen (secondary N) is 3. The fourth-order valence-corrected chi connectivity index (χ4v) is 4.52. The van der Waals surface area contributed by atoms with Crippen LogP contribution in [0.1, 0.15) is 46.0 Å². The van der Waals surface area contributed by atoms with Crippen molar-refractivity contribution in [2.24, 2.45) is 0 Å². The number of aromatic nitrogens is 3. The Labute approximate surface area is 189 Å². The second kappa shape index (κ2) is 9.82. The van der Waals surface area contributed by atoms with Crippen molar-refractivity contribution in [2.75, 3.05) is 28.6 Å². The fraction of sp³-hybridized carbons (Fsp3) is 0.364. The number of carbonyl (C=O) groups excluding carboxylic acids is 1. The number of aromatic carboxylic acids is 1. The van der Waals surface area contributed by atoms with Crippen LogP contribution in [0.15, 0.2) is 30.6 Å². The van der Waals surface area contributed by atoms with Crippen molar-refractivity contribution in [1.29, 1.82) is 0 Å². The molecule has 1 aliphatic rings. The van der Waals surface area contributed by atoms with E-state index in [2.05, 4.69) is 43.5 Å². The first kappa shape index (κ1) is 21.8. The van der Waals surface area contributed by atoms with Gasteiger partial charge in [-0.25, -0.2) is 19.6 Å². The van der Waals surface area contributed by atoms with Gasteiger partial charge in [0, 0.05) is 30.6 Å². The summed E-state index contributed by atoms with van der Waals surface area (Å²) in [6.07, 6.45) is 7.80. The molecule has 1 fully saturated rings. The normalized spacial score (nSPS) is 13.7. The minimum atomic E-state index is -1.03. The molecule has 32 heavy (non-hydrogen) atoms. The van der Waals surface area contributed by atoms with E-state index in [1.807, 2.05) is 12.1 Å². The van der Waals surface area contributed by atoms with E-state index in [1.54, 1.807) is 6.20 Å². The Morgan fingerprint density at radius 3 is 2.69 bits per heavy atom. The number of benzene rings is 1. The molecule has 0 atom stereocenters. The number of imidazole rings is 1. The first-order chi connectivity index (χ1) is 15.5. The molecule has 0 bridgehead atoms. The van der Waals surface area contributed by atoms with Gasteiger partial charge in [0.15, 0.2) is 5.13 Å². The highest BCUT2D eigenvalue weighted by Crippen LogP contribution is 2.30. The number of amides is 2. The van der Waals surface area contributed by atoms with Crippen LogP contribution in [0.2, 0.25) is 0 Å². The number of thiazole rings is 1. The molecule has 168 valence electrons. The summed E-state index contributed by atoms with van der Waals surface area (Å²) in [6, 6.07) is 5.73. The van der Waals surface area contributed by atoms with Crippen LogP contribution in [0.25, 0.3) is 0 Å². The van der Waals surface area contributed by atoms with E-state index >= 15 is 0 Å². The largest absolute Gasteiger partial charge is 0.477 e. The average Bonchev–Trinajstić information content (AvgIpc) is 3.44. The van der Waals surface area contributed by atoms with Crippen LogP contribution in [-0.2, 0) is 12.8 Å². The van der Waals surface area contributed by atoms with Gasteiger partial charge in [0.05, 0.1) is 17.6 Å². The Bertz CT molecular complexity index is 1100. The van der Waals surface area contributed by atoms with E-state index in [-0.39, 0.29) is 11.7 Å². The van der Waals surface area contributed by atoms with Crippen LogP contribution in [0.3, 0.4) is 0 Å². The number of aryl methyl sites for hydroxylation is 3. The van der Waals surface area contributed by atoms with E-state index < -0.39 is 5.97 Å². The first-order valence-corrected chi connectivity index (χ1v) is 11.4. The van der Waals surface area contributed by atoms with Crippen LogP contribution < -0.4 is 15.5 Å². The van der Waals surface area contributed by atoms with Crippen molar-refractivity contribution in [3.05, 3.63) is 52.6 Å². The van der Waals surface area contributed by atoms with Crippen LogP contribution in [-0.4, -0.2) is 45.1 Å². The van der Waals surface area contributed by atoms with E-state index in [1.165, 1.54) is 24.0 Å². The van der Waals surface area contributed by atoms with Gasteiger partial charge in [-0.2, -0.15) is 0 Å². The van der Waals surface area contributed by atoms with Crippen molar-refractivity contribution in [2.45, 2.75) is 39.0 Å². The van der Waals surface area contributed by atoms with Crippen molar-refractivity contribution in [3.63, 3.8) is 0 Å². The molecule has 1 aromatic carbocycles. The third kappa shape index (κ3) is 5.44. The predicted molar refractivity (Wildman–Crippen MR) is 125 cm³/mol. The quantitative estimate of drug-likeness (QED) is 0.422. The zero-order valence-corrected chi connectivity index (χ0v) is 18.7. The maximum atomic E-state index is 12.6. The lowest BCUT2D eigenvalue weighted by Gasteiger charge is -2.30. The monoisotopic (exact) mass is 454 g/mol. The molecule has 0 unspecified atom stereocenters. The van der Waals surface area contributed by atoms with Gasteiger partial charge >= 0.3 is 12.0 Å². The number of hydrogen-bond donors (Lipinski definition) is 4. The molecular formula is C22H26N6O3S. The van der Waals surface area contributed by atoms with Crippen LogP contribution >= 0.6 is 11.3 Å². The summed E-state index contributed by atoms with van der Waals surface area (Å²) < 4.78 is 0. The number of anilines is 3. The molecule has 10 heteroatoms. The summed E-state index contributed by atoms with van der Waals surface area (Å²) in [7, 11) is 0. The highest BCUT2D eigenvalue weighted by atomic mass is 32.1. The van der Waals surface area contributed by atoms with Gasteiger partial charge in [0.25, 0.3) is 0 Å². The molecule has 1 saturated heterocycles. The highest BCUT2D eigenvalue weighted by molar-refractivity contribution is 7.15. The number of rotatable bonds is 7. The fourth-order valence-electron chi connectivity index (χ4n) is 3.72. The molecule has 3 aromatic rings. The predicted octanol–water partition coefficient (Wildman–Crippen LogP) is 4.29. The number of aromatic amines is 1. The Morgan fingerprint density at radius 1 is 1.12 bits per heavy atom. The second-order valence-electron chi connectivity index (χ2n) is 7.83. The Balaban J connectivity index is 1.35. The van der Waals surface area contributed by atoms with Gasteiger partial charge in [-0.15, -0.1) is 11.3 Å². The lowest BCUT2D eigenvalue weighted by Crippen LogP contribution is -2.31. The molecule has 2 amide bonds. The molecule has 0 saturated carbocycles. The number of nitrogens with zero attached hydrogens (tertiary/aromatic N) is 3. The molecule has 3 heterocycles. The van der Waals surface area contributed by atoms with Crippen molar-refractivity contribution < 1.29 is 14.7 Å². The van der Waals surface area contributed by atoms with Gasteiger partial charge in [-0.1, -0.05) is 6.07 Å². The minimum absolute atomic E-state index is 0.0726. The SMILES string of the molecule is Cc1ccc(NC(=O)Nc2ncc(CCc3ncc(C(=O)O)[nH]3)s2)c(N2CCCCC2)c1. The summed E-state index contributed by atoms with van der Waals surface area (Å²) in [6.45, 7) is 4.05. The Morgan fingerprint density at radius 2 is 1.94 bits per heavy atom. The zero-order valence-electron chi connectivity index (χ0n) is 17.9. The number of carboxylic acid groups (broad SMARTS) is 1. The number of piperidine rings is 1. The standard InChI is InChI=1S/C22H26N6O3S/c1-14-5-7-16(18(11-14)28-9-3-2-4-10-28)26-21(31)27-22-24-12-15(32-22)6-8-19-23-13-17(25-19)20(29)30/h5,7,11-13H,2-4,6,8-10H2,1H3,(H,23,25)(H,29,30)(H2,24,26,27,31). The number of carbonyl (C=O) groups is 2. The van der Waals surface area contributed by atoms with Gasteiger partial charge in [-0.3, -0.25) is 5.32 Å². The summed E-state index contributed by atoms with van der Waals surface area (Å²) in [5.74, 6) is -0.427. The highest BCUT2D eigenvalue weighted by Gasteiger charge is 2.17. The molecular weight excluding hydrogens is 428 g/mol. The molecule has 1 aliphatic heterocycles. The van der Waals surface area contributed by atoms with Crippen LogP contribution in [0.5, 0.6) is 0 Å². The number of carboxylic acids is 1. The lowest BCUT2D eigenvalue weighted by atomic mass is 10.1. The number of urea groups is 1. The summed E-state index contributed by atoms with van der Waals surface area (Å²) in [4.78, 5) is 38.0. The third-order valence-corrected chi connectivity index (χ3v) is 6.31. The van der Waals surface area contributed by atoms with E-state index in [4.69, 9.17) is 5.11 Å². The number of hydrogen-bond acceptors (Lipinski definition) is 6. The minimum Gasteiger partial charge on any atom is -0.477 e. The maximum Gasteiger partial charge on any atom is 0.353 e. The van der Waals surface area contributed by atoms with Crippen LogP contribution in [0, 0.1) is 6.92 Å². The first-order valence-electron chi connectivity index (χ1n) is 10.6. The smallest absolute Gasteiger partial charge is 0.353 e. The van der Waals surface area contributed by atoms with Crippen molar-refractivity contribution >= 4 is 39.8 Å². The molecule has 0 radical (unpaired) electrons. The topological polar surface area (TPSA) is 123 Å². The van der Waals surface area contributed by atoms with E-state index in [9.17, 15) is 9.59 Å². The van der Waals surface area contributed by atoms with E-state index in [0.29, 0.717) is 23.8 Å². The molecule has 4 rings (SSSR count). The van der Waals surface area contributed by atoms with Crippen molar-refractivity contribution in [1.82, 2.24) is 15.0 Å². The lowest BCUT2D eigenvalue weighted by molar-refractivity contribution is 0.0691. The van der Waals surface area contributed by atoms with Gasteiger partial charge in [-0.05, 0) is 50.3 Å². The van der Waals surface area contributed by atoms with Gasteiger partial charge in [0.2, 0.25) is 0 Å². The molecule has 0 aliphatic carbocycles. The Hall–Kier alpha value is -3.40. The van der Waals surface area contributed by atoms with E-state index in [0.717, 1.165) is 47.7 Å².